The molecule has 0 saturated heterocycles. The third kappa shape index (κ3) is 17.9. The van der Waals surface area contributed by atoms with E-state index < -0.39 is 73.2 Å². The van der Waals surface area contributed by atoms with Crippen molar-refractivity contribution in [3.05, 3.63) is 17.5 Å². The van der Waals surface area contributed by atoms with Gasteiger partial charge in [-0.1, -0.05) is 0 Å². The van der Waals surface area contributed by atoms with Gasteiger partial charge in [-0.15, -0.1) is 12.4 Å². The van der Waals surface area contributed by atoms with Crippen molar-refractivity contribution in [2.45, 2.75) is 44.5 Å². The van der Waals surface area contributed by atoms with Gasteiger partial charge in [0.1, 0.15) is 0 Å². The Hall–Kier alpha value is -3.16. The first kappa shape index (κ1) is 38.0. The van der Waals surface area contributed by atoms with Crippen LogP contribution in [-0.2, 0) is 22.7 Å². The molecule has 0 aliphatic heterocycles. The lowest BCUT2D eigenvalue weighted by atomic mass is 10.2. The Labute approximate surface area is 221 Å². The molecule has 21 heteroatoms. The summed E-state index contributed by atoms with van der Waals surface area (Å²) >= 11 is 0. The summed E-state index contributed by atoms with van der Waals surface area (Å²) in [6.07, 6.45) is -15.6. The topological polar surface area (TPSA) is 150 Å². The monoisotopic (exact) mass is 612 g/mol. The van der Waals surface area contributed by atoms with Crippen LogP contribution in [-0.4, -0.2) is 78.6 Å². The second-order valence-corrected chi connectivity index (χ2v) is 7.48. The molecule has 0 bridgehead atoms. The predicted octanol–water partition coefficient (Wildman–Crippen LogP) is 2.89. The molecule has 0 radical (unpaired) electrons. The first-order valence-corrected chi connectivity index (χ1v) is 10.2. The van der Waals surface area contributed by atoms with E-state index in [0.717, 1.165) is 10.9 Å². The number of hydrogen-bond donors (Lipinski definition) is 4. The summed E-state index contributed by atoms with van der Waals surface area (Å²) in [7, 11) is 1.20. The maximum absolute atomic E-state index is 12.8. The van der Waals surface area contributed by atoms with Gasteiger partial charge < -0.3 is 31.2 Å². The molecular formula is C18H26ClF9N6O5. The minimum Gasteiger partial charge on any atom is -0.440 e. The molecule has 228 valence electrons. The molecule has 0 aliphatic carbocycles. The number of alkyl halides is 9. The van der Waals surface area contributed by atoms with Crippen LogP contribution in [0.2, 0.25) is 0 Å². The van der Waals surface area contributed by atoms with Gasteiger partial charge in [0.15, 0.2) is 18.9 Å². The van der Waals surface area contributed by atoms with Crippen molar-refractivity contribution < 1.29 is 63.4 Å². The molecule has 0 unspecified atom stereocenters. The lowest BCUT2D eigenvalue weighted by Crippen LogP contribution is -2.43. The summed E-state index contributed by atoms with van der Waals surface area (Å²) in [4.78, 5) is 33.5. The molecule has 1 aromatic rings. The number of nitrogens with one attached hydrogen (secondary N) is 3. The normalized spacial score (nSPS) is 13.1. The molecular weight excluding hydrogens is 587 g/mol. The maximum atomic E-state index is 12.8. The van der Waals surface area contributed by atoms with Crippen molar-refractivity contribution >= 4 is 30.5 Å². The minimum absolute atomic E-state index is 0. The van der Waals surface area contributed by atoms with Gasteiger partial charge in [0.25, 0.3) is 5.91 Å². The highest BCUT2D eigenvalue weighted by molar-refractivity contribution is 5.95. The Morgan fingerprint density at radius 3 is 1.74 bits per heavy atom. The van der Waals surface area contributed by atoms with Crippen LogP contribution in [0, 0.1) is 0 Å². The van der Waals surface area contributed by atoms with Crippen LogP contribution in [0.4, 0.5) is 49.1 Å². The summed E-state index contributed by atoms with van der Waals surface area (Å²) in [6, 6.07) is -1.29. The average molecular weight is 613 g/mol. The number of aryl methyl sites for hydroxylation is 1. The molecule has 11 nitrogen and oxygen atoms in total. The number of ether oxygens (including phenoxy) is 2. The quantitative estimate of drug-likeness (QED) is 0.330. The number of alkyl carbamates (subject to hydrolysis) is 2. The van der Waals surface area contributed by atoms with Crippen LogP contribution >= 0.6 is 12.4 Å². The number of carbonyl (C=O) groups is 3. The molecule has 1 aromatic heterocycles. The third-order valence-electron chi connectivity index (χ3n) is 3.73. The molecule has 0 aromatic carbocycles. The molecule has 1 heterocycles. The summed E-state index contributed by atoms with van der Waals surface area (Å²) in [5.74, 6) is -1.10. The van der Waals surface area contributed by atoms with Crippen LogP contribution in [0.5, 0.6) is 0 Å². The summed E-state index contributed by atoms with van der Waals surface area (Å²) < 4.78 is 117. The maximum Gasteiger partial charge on any atom is 0.435 e. The zero-order valence-electron chi connectivity index (χ0n) is 20.4. The third-order valence-corrected chi connectivity index (χ3v) is 3.73. The number of amides is 3. The number of nitrogens with two attached hydrogens (primary N) is 1. The van der Waals surface area contributed by atoms with Gasteiger partial charge in [0.2, 0.25) is 0 Å². The van der Waals surface area contributed by atoms with Gasteiger partial charge in [-0.25, -0.2) is 9.59 Å². The molecule has 0 aliphatic rings. The second-order valence-electron chi connectivity index (χ2n) is 7.48. The van der Waals surface area contributed by atoms with Crippen molar-refractivity contribution in [1.29, 1.82) is 0 Å². The van der Waals surface area contributed by atoms with Crippen molar-refractivity contribution in [2.24, 2.45) is 12.8 Å². The molecule has 39 heavy (non-hydrogen) atoms. The Morgan fingerprint density at radius 2 is 1.36 bits per heavy atom. The number of aromatic nitrogens is 2. The van der Waals surface area contributed by atoms with E-state index in [0.29, 0.717) is 0 Å². The Kier molecular flexibility index (Phi) is 15.6. The average Bonchev–Trinajstić information content (AvgIpc) is 3.16. The van der Waals surface area contributed by atoms with Gasteiger partial charge in [-0.3, -0.25) is 9.48 Å². The number of carbonyl (C=O) groups excluding carboxylic acids is 3. The van der Waals surface area contributed by atoms with E-state index in [1.54, 1.807) is 6.92 Å². The van der Waals surface area contributed by atoms with Crippen molar-refractivity contribution in [1.82, 2.24) is 25.7 Å². The highest BCUT2D eigenvalue weighted by Crippen LogP contribution is 2.30. The lowest BCUT2D eigenvalue weighted by molar-refractivity contribution is -0.160. The summed E-state index contributed by atoms with van der Waals surface area (Å²) in [5.41, 5.74) is 3.01. The molecule has 0 spiro atoms. The molecule has 3 amide bonds. The molecule has 1 rings (SSSR count). The Morgan fingerprint density at radius 1 is 0.923 bits per heavy atom. The predicted molar refractivity (Wildman–Crippen MR) is 117 cm³/mol. The number of rotatable bonds is 8. The van der Waals surface area contributed by atoms with Crippen LogP contribution < -0.4 is 21.7 Å². The lowest BCUT2D eigenvalue weighted by Gasteiger charge is -2.15. The minimum atomic E-state index is -4.83. The standard InChI is InChI=1S/C12H14F6N4O3.C6H11F3N2O2.ClH/c1-6(20-10(24)25-5-11(13,14)15)3-19-9(23)7-4-22(2)21-8(7)12(16,17)18;1-4(2-10)11-5(12)13-3-6(7,8)9;/h4,6H,3,5H2,1-2H3,(H,19,23)(H,20,24);4H,2-3,10H2,1H3,(H,11,12);1H/t6-;4-;/m00./s1. The van der Waals surface area contributed by atoms with Gasteiger partial charge in [-0.2, -0.15) is 44.6 Å². The smallest absolute Gasteiger partial charge is 0.435 e. The highest BCUT2D eigenvalue weighted by atomic mass is 35.5. The van der Waals surface area contributed by atoms with Crippen LogP contribution in [0.15, 0.2) is 6.20 Å². The van der Waals surface area contributed by atoms with Crippen molar-refractivity contribution in [2.75, 3.05) is 26.3 Å². The van der Waals surface area contributed by atoms with E-state index in [1.807, 2.05) is 5.32 Å². The van der Waals surface area contributed by atoms with Crippen LogP contribution in [0.3, 0.4) is 0 Å². The highest BCUT2D eigenvalue weighted by Gasteiger charge is 2.39. The van der Waals surface area contributed by atoms with Crippen molar-refractivity contribution in [3.8, 4) is 0 Å². The molecule has 5 N–H and O–H groups in total. The van der Waals surface area contributed by atoms with E-state index in [2.05, 4.69) is 25.2 Å². The first-order valence-electron chi connectivity index (χ1n) is 10.2. The van der Waals surface area contributed by atoms with Gasteiger partial charge >= 0.3 is 30.7 Å². The number of halogens is 10. The zero-order valence-corrected chi connectivity index (χ0v) is 21.2. The fraction of sp³-hybridized carbons (Fsp3) is 0.667. The van der Waals surface area contributed by atoms with Crippen molar-refractivity contribution in [3.63, 3.8) is 0 Å². The van der Waals surface area contributed by atoms with E-state index in [-0.39, 0.29) is 25.5 Å². The van der Waals surface area contributed by atoms with Gasteiger partial charge in [0.05, 0.1) is 5.56 Å². The first-order chi connectivity index (χ1) is 17.1. The molecule has 0 fully saturated rings. The Balaban J connectivity index is 0. The van der Waals surface area contributed by atoms with Gasteiger partial charge in [0, 0.05) is 38.4 Å². The SMILES string of the molecule is C[C@@H](CN)NC(=O)OCC(F)(F)F.C[C@@H](CNC(=O)c1cn(C)nc1C(F)(F)F)NC(=O)OCC(F)(F)F.Cl. The number of hydrogen-bond acceptors (Lipinski definition) is 7. The largest absolute Gasteiger partial charge is 0.440 e. The van der Waals surface area contributed by atoms with Crippen LogP contribution in [0.25, 0.3) is 0 Å². The zero-order chi connectivity index (χ0) is 29.9. The van der Waals surface area contributed by atoms with E-state index in [9.17, 15) is 53.9 Å². The fourth-order valence-electron chi connectivity index (χ4n) is 2.10. The number of nitrogens with zero attached hydrogens (tertiary/aromatic N) is 2. The van der Waals surface area contributed by atoms with E-state index in [4.69, 9.17) is 5.73 Å². The van der Waals surface area contributed by atoms with Crippen LogP contribution in [0.1, 0.15) is 29.9 Å². The summed E-state index contributed by atoms with van der Waals surface area (Å²) in [5, 5.41) is 9.38. The molecule has 2 atom stereocenters. The van der Waals surface area contributed by atoms with E-state index >= 15 is 0 Å². The molecule has 0 saturated carbocycles. The fourth-order valence-corrected chi connectivity index (χ4v) is 2.10. The van der Waals surface area contributed by atoms with Gasteiger partial charge in [-0.05, 0) is 13.8 Å². The second kappa shape index (κ2) is 16.1. The summed E-state index contributed by atoms with van der Waals surface area (Å²) in [6.45, 7) is -0.718. The Bertz CT molecular complexity index is 925. The van der Waals surface area contributed by atoms with E-state index in [1.165, 1.54) is 14.0 Å².